The summed E-state index contributed by atoms with van der Waals surface area (Å²) >= 11 is 6.60. The number of nitrogens with one attached hydrogen (secondary N) is 1. The lowest BCUT2D eigenvalue weighted by Crippen LogP contribution is -2.25. The van der Waals surface area contributed by atoms with Crippen LogP contribution in [0.3, 0.4) is 0 Å². The van der Waals surface area contributed by atoms with Crippen molar-refractivity contribution in [3.05, 3.63) is 46.6 Å². The molecule has 0 amide bonds. The lowest BCUT2D eigenvalue weighted by atomic mass is 9.98. The summed E-state index contributed by atoms with van der Waals surface area (Å²) < 4.78 is 26.9. The van der Waals surface area contributed by atoms with E-state index in [1.807, 2.05) is 30.3 Å². The van der Waals surface area contributed by atoms with Gasteiger partial charge in [0.1, 0.15) is 0 Å². The Morgan fingerprint density at radius 2 is 2.05 bits per heavy atom. The molecule has 0 aliphatic carbocycles. The highest BCUT2D eigenvalue weighted by molar-refractivity contribution is 7.91. The molecule has 1 heterocycles. The molecule has 0 radical (unpaired) electrons. The van der Waals surface area contributed by atoms with E-state index in [2.05, 4.69) is 16.6 Å². The van der Waals surface area contributed by atoms with Gasteiger partial charge in [0.2, 0.25) is 0 Å². The number of sulfonamides is 1. The number of rotatable bonds is 6. The van der Waals surface area contributed by atoms with E-state index in [1.54, 1.807) is 0 Å². The van der Waals surface area contributed by atoms with Gasteiger partial charge < -0.3 is 0 Å². The molecule has 0 bridgehead atoms. The van der Waals surface area contributed by atoms with Crippen LogP contribution in [0.25, 0.3) is 0 Å². The normalized spacial score (nSPS) is 13.3. The molecular weight excluding hydrogens is 316 g/mol. The number of benzene rings is 1. The number of hydrogen-bond donors (Lipinski definition) is 1. The summed E-state index contributed by atoms with van der Waals surface area (Å²) in [5.41, 5.74) is 1.20. The molecular formula is C13H15ClN2O2S2. The maximum absolute atomic E-state index is 12.0. The summed E-state index contributed by atoms with van der Waals surface area (Å²) in [5.74, 6) is 0.295. The zero-order valence-electron chi connectivity index (χ0n) is 10.9. The minimum Gasteiger partial charge on any atom is -0.232 e. The average molecular weight is 331 g/mol. The van der Waals surface area contributed by atoms with Crippen molar-refractivity contribution < 1.29 is 8.42 Å². The zero-order valence-corrected chi connectivity index (χ0v) is 13.3. The van der Waals surface area contributed by atoms with Crippen LogP contribution >= 0.6 is 22.9 Å². The van der Waals surface area contributed by atoms with Crippen LogP contribution in [0.5, 0.6) is 0 Å². The Morgan fingerprint density at radius 1 is 1.35 bits per heavy atom. The second kappa shape index (κ2) is 6.67. The average Bonchev–Trinajstić information content (AvgIpc) is 2.87. The zero-order chi connectivity index (χ0) is 14.6. The summed E-state index contributed by atoms with van der Waals surface area (Å²) in [6.07, 6.45) is 2.01. The van der Waals surface area contributed by atoms with Crippen molar-refractivity contribution in [2.45, 2.75) is 23.5 Å². The molecule has 1 N–H and O–H groups in total. The van der Waals surface area contributed by atoms with Crippen molar-refractivity contribution in [3.8, 4) is 0 Å². The smallest absolute Gasteiger partial charge is 0.232 e. The van der Waals surface area contributed by atoms with Gasteiger partial charge in [0.25, 0.3) is 10.0 Å². The van der Waals surface area contributed by atoms with E-state index in [4.69, 9.17) is 11.6 Å². The molecule has 1 atom stereocenters. The third-order valence-electron chi connectivity index (χ3n) is 2.96. The largest absolute Gasteiger partial charge is 0.251 e. The highest BCUT2D eigenvalue weighted by atomic mass is 35.5. The first kappa shape index (κ1) is 15.4. The monoisotopic (exact) mass is 330 g/mol. The first-order valence-electron chi connectivity index (χ1n) is 6.15. The second-order valence-corrected chi connectivity index (χ2v) is 8.04. The Bertz CT molecular complexity index is 656. The van der Waals surface area contributed by atoms with E-state index in [1.165, 1.54) is 11.8 Å². The van der Waals surface area contributed by atoms with Crippen molar-refractivity contribution in [1.29, 1.82) is 0 Å². The second-order valence-electron chi connectivity index (χ2n) is 4.43. The molecule has 0 fully saturated rings. The van der Waals surface area contributed by atoms with E-state index in [0.717, 1.165) is 17.8 Å². The van der Waals surface area contributed by atoms with E-state index in [-0.39, 0.29) is 8.68 Å². The Labute approximate surface area is 127 Å². The molecule has 4 nitrogen and oxygen atoms in total. The Balaban J connectivity index is 1.90. The van der Waals surface area contributed by atoms with Gasteiger partial charge in [-0.25, -0.2) is 18.1 Å². The number of thiazole rings is 1. The van der Waals surface area contributed by atoms with E-state index in [0.29, 0.717) is 12.5 Å². The van der Waals surface area contributed by atoms with Crippen LogP contribution in [0, 0.1) is 0 Å². The van der Waals surface area contributed by atoms with Crippen molar-refractivity contribution >= 4 is 33.0 Å². The van der Waals surface area contributed by atoms with Crippen LogP contribution in [0.1, 0.15) is 24.8 Å². The minimum atomic E-state index is -3.50. The third kappa shape index (κ3) is 4.02. The molecule has 0 aliphatic heterocycles. The van der Waals surface area contributed by atoms with Crippen LogP contribution in [-0.4, -0.2) is 19.9 Å². The van der Waals surface area contributed by atoms with Gasteiger partial charge >= 0.3 is 0 Å². The van der Waals surface area contributed by atoms with Gasteiger partial charge in [-0.1, -0.05) is 60.2 Å². The first-order chi connectivity index (χ1) is 9.49. The third-order valence-corrected chi connectivity index (χ3v) is 6.00. The molecule has 7 heteroatoms. The van der Waals surface area contributed by atoms with Crippen LogP contribution < -0.4 is 4.72 Å². The Hall–Kier alpha value is -0.950. The fourth-order valence-electron chi connectivity index (χ4n) is 1.79. The van der Waals surface area contributed by atoms with Gasteiger partial charge in [-0.15, -0.1) is 0 Å². The van der Waals surface area contributed by atoms with Crippen LogP contribution in [-0.2, 0) is 10.0 Å². The predicted octanol–water partition coefficient (Wildman–Crippen LogP) is 3.27. The van der Waals surface area contributed by atoms with Crippen LogP contribution in [0.15, 0.2) is 40.7 Å². The summed E-state index contributed by atoms with van der Waals surface area (Å²) in [7, 11) is -3.50. The van der Waals surface area contributed by atoms with E-state index >= 15 is 0 Å². The molecule has 2 rings (SSSR count). The van der Waals surface area contributed by atoms with Crippen molar-refractivity contribution in [2.24, 2.45) is 0 Å². The van der Waals surface area contributed by atoms with Gasteiger partial charge in [0.15, 0.2) is 8.68 Å². The van der Waals surface area contributed by atoms with Crippen LogP contribution in [0.4, 0.5) is 0 Å². The Morgan fingerprint density at radius 3 is 2.65 bits per heavy atom. The molecule has 0 aliphatic rings. The van der Waals surface area contributed by atoms with Gasteiger partial charge in [-0.05, 0) is 17.9 Å². The summed E-state index contributed by atoms with van der Waals surface area (Å²) in [6.45, 7) is 2.46. The fraction of sp³-hybridized carbons (Fsp3) is 0.308. The summed E-state index contributed by atoms with van der Waals surface area (Å²) in [4.78, 5) is 3.74. The van der Waals surface area contributed by atoms with Gasteiger partial charge in [-0.2, -0.15) is 0 Å². The summed E-state index contributed by atoms with van der Waals surface area (Å²) in [6, 6.07) is 10.0. The number of hydrogen-bond acceptors (Lipinski definition) is 4. The molecule has 0 spiro atoms. The Kier molecular flexibility index (Phi) is 5.15. The van der Waals surface area contributed by atoms with Crippen LogP contribution in [0.2, 0.25) is 4.47 Å². The maximum Gasteiger partial charge on any atom is 0.251 e. The molecule has 1 unspecified atom stereocenters. The minimum absolute atomic E-state index is 0.148. The van der Waals surface area contributed by atoms with Crippen molar-refractivity contribution in [1.82, 2.24) is 9.71 Å². The van der Waals surface area contributed by atoms with E-state index < -0.39 is 10.0 Å². The molecule has 0 saturated heterocycles. The molecule has 108 valence electrons. The standard InChI is InChI=1S/C13H15ClN2O2S2/c1-10(11-5-3-2-4-6-11)7-8-16-20(17,18)12-9-15-13(14)19-12/h2-6,9-10,16H,7-8H2,1H3. The molecule has 2 aromatic rings. The summed E-state index contributed by atoms with van der Waals surface area (Å²) in [5, 5.41) is 0. The highest BCUT2D eigenvalue weighted by Crippen LogP contribution is 2.22. The molecule has 1 aromatic carbocycles. The SMILES string of the molecule is CC(CCNS(=O)(=O)c1cnc(Cl)s1)c1ccccc1. The number of aromatic nitrogens is 1. The molecule has 20 heavy (non-hydrogen) atoms. The lowest BCUT2D eigenvalue weighted by Gasteiger charge is -2.12. The van der Waals surface area contributed by atoms with Crippen molar-refractivity contribution in [3.63, 3.8) is 0 Å². The van der Waals surface area contributed by atoms with E-state index in [9.17, 15) is 8.42 Å². The van der Waals surface area contributed by atoms with Gasteiger partial charge in [-0.3, -0.25) is 0 Å². The molecule has 1 aromatic heterocycles. The first-order valence-corrected chi connectivity index (χ1v) is 8.83. The number of halogens is 1. The highest BCUT2D eigenvalue weighted by Gasteiger charge is 2.17. The topological polar surface area (TPSA) is 59.1 Å². The van der Waals surface area contributed by atoms with Gasteiger partial charge in [0, 0.05) is 6.54 Å². The molecule has 0 saturated carbocycles. The van der Waals surface area contributed by atoms with Gasteiger partial charge in [0.05, 0.1) is 6.20 Å². The quantitative estimate of drug-likeness (QED) is 0.884. The lowest BCUT2D eigenvalue weighted by molar-refractivity contribution is 0.574. The maximum atomic E-state index is 12.0. The number of nitrogens with zero attached hydrogens (tertiary/aromatic N) is 1. The predicted molar refractivity (Wildman–Crippen MR) is 81.8 cm³/mol. The fourth-order valence-corrected chi connectivity index (χ4v) is 4.18. The van der Waals surface area contributed by atoms with Crippen molar-refractivity contribution in [2.75, 3.05) is 6.54 Å².